The lowest BCUT2D eigenvalue weighted by molar-refractivity contribution is -0.111. The summed E-state index contributed by atoms with van der Waals surface area (Å²) < 4.78 is 1.09. The lowest BCUT2D eigenvalue weighted by Gasteiger charge is -1.93. The molecule has 0 spiro atoms. The van der Waals surface area contributed by atoms with Crippen molar-refractivity contribution in [3.05, 3.63) is 35.9 Å². The number of aryl methyl sites for hydroxylation is 1. The molecule has 0 aliphatic rings. The van der Waals surface area contributed by atoms with Crippen molar-refractivity contribution in [1.29, 1.82) is 0 Å². The maximum atomic E-state index is 11.3. The van der Waals surface area contributed by atoms with E-state index in [1.54, 1.807) is 6.08 Å². The molecule has 0 saturated heterocycles. The predicted molar refractivity (Wildman–Crippen MR) is 67.8 cm³/mol. The van der Waals surface area contributed by atoms with Crippen LogP contribution in [-0.2, 0) is 4.79 Å². The van der Waals surface area contributed by atoms with Crippen molar-refractivity contribution in [3.63, 3.8) is 0 Å². The maximum absolute atomic E-state index is 11.3. The third kappa shape index (κ3) is 2.12. The molecular formula is C12H12N2OS. The molecule has 1 amide bonds. The number of thiazole rings is 1. The van der Waals surface area contributed by atoms with E-state index < -0.39 is 0 Å². The van der Waals surface area contributed by atoms with Crippen molar-refractivity contribution in [1.82, 2.24) is 4.98 Å². The Labute approximate surface area is 97.8 Å². The molecule has 0 bridgehead atoms. The smallest absolute Gasteiger partial charge is 0.249 e. The van der Waals surface area contributed by atoms with E-state index in [-0.39, 0.29) is 5.91 Å². The number of rotatable bonds is 2. The van der Waals surface area contributed by atoms with Crippen LogP contribution in [0.2, 0.25) is 0 Å². The second kappa shape index (κ2) is 4.45. The highest BCUT2D eigenvalue weighted by atomic mass is 32.1. The van der Waals surface area contributed by atoms with Gasteiger partial charge in [-0.3, -0.25) is 10.1 Å². The highest BCUT2D eigenvalue weighted by Crippen LogP contribution is 2.27. The molecule has 0 radical (unpaired) electrons. The highest BCUT2D eigenvalue weighted by Gasteiger charge is 2.06. The molecule has 1 aromatic carbocycles. The molecule has 2 rings (SSSR count). The van der Waals surface area contributed by atoms with E-state index >= 15 is 0 Å². The molecule has 3 nitrogen and oxygen atoms in total. The summed E-state index contributed by atoms with van der Waals surface area (Å²) in [6, 6.07) is 6.01. The van der Waals surface area contributed by atoms with Crippen molar-refractivity contribution in [3.8, 4) is 0 Å². The van der Waals surface area contributed by atoms with Crippen molar-refractivity contribution < 1.29 is 4.79 Å². The number of aromatic nitrogens is 1. The lowest BCUT2D eigenvalue weighted by Crippen LogP contribution is -2.06. The molecule has 0 aliphatic carbocycles. The van der Waals surface area contributed by atoms with Crippen molar-refractivity contribution in [2.75, 3.05) is 5.32 Å². The first-order chi connectivity index (χ1) is 7.70. The fraction of sp³-hybridized carbons (Fsp3) is 0.167. The number of benzene rings is 1. The monoisotopic (exact) mass is 232 g/mol. The minimum atomic E-state index is -0.140. The van der Waals surface area contributed by atoms with E-state index in [0.29, 0.717) is 5.13 Å². The van der Waals surface area contributed by atoms with Gasteiger partial charge >= 0.3 is 0 Å². The number of anilines is 1. The molecule has 0 fully saturated rings. The van der Waals surface area contributed by atoms with E-state index in [1.165, 1.54) is 17.4 Å². The largest absolute Gasteiger partial charge is 0.298 e. The minimum absolute atomic E-state index is 0.140. The van der Waals surface area contributed by atoms with Crippen LogP contribution in [0.3, 0.4) is 0 Å². The fourth-order valence-corrected chi connectivity index (χ4v) is 2.38. The van der Waals surface area contributed by atoms with Gasteiger partial charge in [0.15, 0.2) is 5.13 Å². The molecule has 0 aliphatic heterocycles. The van der Waals surface area contributed by atoms with Crippen LogP contribution in [0.1, 0.15) is 12.5 Å². The standard InChI is InChI=1S/C12H12N2OS/c1-3-5-10(15)13-12-14-11-8(2)6-4-7-9(11)16-12/h3-7H,1-2H3,(H,13,14,15)/b5-3+. The Balaban J connectivity index is 2.33. The Bertz CT molecular complexity index is 557. The van der Waals surface area contributed by atoms with Crippen LogP contribution in [0, 0.1) is 6.92 Å². The maximum Gasteiger partial charge on any atom is 0.249 e. The van der Waals surface area contributed by atoms with Crippen LogP contribution in [0.4, 0.5) is 5.13 Å². The first kappa shape index (κ1) is 10.8. The third-order valence-corrected chi connectivity index (χ3v) is 3.10. The summed E-state index contributed by atoms with van der Waals surface area (Å²) in [6.45, 7) is 3.82. The average Bonchev–Trinajstić information content (AvgIpc) is 2.62. The van der Waals surface area contributed by atoms with Crippen molar-refractivity contribution in [2.24, 2.45) is 0 Å². The van der Waals surface area contributed by atoms with Gasteiger partial charge in [0.05, 0.1) is 10.2 Å². The molecule has 82 valence electrons. The van der Waals surface area contributed by atoms with Gasteiger partial charge in [-0.15, -0.1) is 0 Å². The van der Waals surface area contributed by atoms with Crippen LogP contribution in [0.5, 0.6) is 0 Å². The highest BCUT2D eigenvalue weighted by molar-refractivity contribution is 7.22. The van der Waals surface area contributed by atoms with Gasteiger partial charge in [-0.1, -0.05) is 29.5 Å². The normalized spacial score (nSPS) is 11.1. The Kier molecular flexibility index (Phi) is 3.01. The Morgan fingerprint density at radius 1 is 1.50 bits per heavy atom. The topological polar surface area (TPSA) is 42.0 Å². The summed E-state index contributed by atoms with van der Waals surface area (Å²) in [5.41, 5.74) is 2.09. The number of allylic oxidation sites excluding steroid dienone is 1. The summed E-state index contributed by atoms with van der Waals surface area (Å²) >= 11 is 1.49. The summed E-state index contributed by atoms with van der Waals surface area (Å²) in [6.07, 6.45) is 3.19. The van der Waals surface area contributed by atoms with Crippen LogP contribution in [-0.4, -0.2) is 10.9 Å². The van der Waals surface area contributed by atoms with Gasteiger partial charge in [0, 0.05) is 0 Å². The van der Waals surface area contributed by atoms with Crippen LogP contribution in [0.25, 0.3) is 10.2 Å². The van der Waals surface area contributed by atoms with Crippen LogP contribution >= 0.6 is 11.3 Å². The summed E-state index contributed by atoms with van der Waals surface area (Å²) in [4.78, 5) is 15.7. The number of hydrogen-bond acceptors (Lipinski definition) is 3. The van der Waals surface area contributed by atoms with Gasteiger partial charge in [0.25, 0.3) is 0 Å². The van der Waals surface area contributed by atoms with Gasteiger partial charge in [-0.2, -0.15) is 0 Å². The van der Waals surface area contributed by atoms with Gasteiger partial charge in [-0.25, -0.2) is 4.98 Å². The third-order valence-electron chi connectivity index (χ3n) is 2.17. The Hall–Kier alpha value is -1.68. The second-order valence-corrected chi connectivity index (χ2v) is 4.46. The van der Waals surface area contributed by atoms with E-state index in [2.05, 4.69) is 10.3 Å². The zero-order valence-corrected chi connectivity index (χ0v) is 9.97. The number of carbonyl (C=O) groups excluding carboxylic acids is 1. The molecule has 4 heteroatoms. The van der Waals surface area contributed by atoms with Gasteiger partial charge in [-0.05, 0) is 31.6 Å². The second-order valence-electron chi connectivity index (χ2n) is 3.43. The minimum Gasteiger partial charge on any atom is -0.298 e. The number of para-hydroxylation sites is 1. The van der Waals surface area contributed by atoms with E-state index in [9.17, 15) is 4.79 Å². The number of nitrogens with zero attached hydrogens (tertiary/aromatic N) is 1. The van der Waals surface area contributed by atoms with E-state index in [1.807, 2.05) is 32.0 Å². The predicted octanol–water partition coefficient (Wildman–Crippen LogP) is 3.12. The molecular weight excluding hydrogens is 220 g/mol. The summed E-state index contributed by atoms with van der Waals surface area (Å²) in [5, 5.41) is 3.39. The zero-order valence-electron chi connectivity index (χ0n) is 9.15. The molecule has 0 atom stereocenters. The van der Waals surface area contributed by atoms with Gasteiger partial charge in [0.2, 0.25) is 5.91 Å². The number of hydrogen-bond donors (Lipinski definition) is 1. The molecule has 0 unspecified atom stereocenters. The summed E-state index contributed by atoms with van der Waals surface area (Å²) in [5.74, 6) is -0.140. The first-order valence-corrected chi connectivity index (χ1v) is 5.82. The zero-order chi connectivity index (χ0) is 11.5. The molecule has 1 N–H and O–H groups in total. The van der Waals surface area contributed by atoms with Crippen LogP contribution < -0.4 is 5.32 Å². The average molecular weight is 232 g/mol. The van der Waals surface area contributed by atoms with Crippen molar-refractivity contribution in [2.45, 2.75) is 13.8 Å². The molecule has 16 heavy (non-hydrogen) atoms. The van der Waals surface area contributed by atoms with Crippen LogP contribution in [0.15, 0.2) is 30.4 Å². The number of fused-ring (bicyclic) bond motifs is 1. The molecule has 1 heterocycles. The van der Waals surface area contributed by atoms with E-state index in [0.717, 1.165) is 15.8 Å². The quantitative estimate of drug-likeness (QED) is 0.808. The fourth-order valence-electron chi connectivity index (χ4n) is 1.44. The van der Waals surface area contributed by atoms with E-state index in [4.69, 9.17) is 0 Å². The summed E-state index contributed by atoms with van der Waals surface area (Å²) in [7, 11) is 0. The molecule has 1 aromatic heterocycles. The lowest BCUT2D eigenvalue weighted by atomic mass is 10.2. The number of amides is 1. The number of carbonyl (C=O) groups is 1. The van der Waals surface area contributed by atoms with Gasteiger partial charge < -0.3 is 0 Å². The van der Waals surface area contributed by atoms with Gasteiger partial charge in [0.1, 0.15) is 0 Å². The first-order valence-electron chi connectivity index (χ1n) is 5.00. The molecule has 2 aromatic rings. The SMILES string of the molecule is C/C=C/C(=O)Nc1nc2c(C)cccc2s1. The number of nitrogens with one attached hydrogen (secondary N) is 1. The Morgan fingerprint density at radius 2 is 2.31 bits per heavy atom. The molecule has 0 saturated carbocycles. The Morgan fingerprint density at radius 3 is 3.00 bits per heavy atom. The van der Waals surface area contributed by atoms with Crippen molar-refractivity contribution >= 4 is 32.6 Å².